The zero-order valence-corrected chi connectivity index (χ0v) is 17.5. The Labute approximate surface area is 164 Å². The first-order chi connectivity index (χ1) is 13.1. The maximum absolute atomic E-state index is 12.2. The molecule has 2 aromatic heterocycles. The van der Waals surface area contributed by atoms with Gasteiger partial charge in [0.1, 0.15) is 6.10 Å². The van der Waals surface area contributed by atoms with Gasteiger partial charge in [-0.1, -0.05) is 25.0 Å². The van der Waals surface area contributed by atoms with Crippen molar-refractivity contribution in [2.24, 2.45) is 7.05 Å². The van der Waals surface area contributed by atoms with Gasteiger partial charge in [0.25, 0.3) is 0 Å². The molecular weight excluding hydrogens is 384 g/mol. The van der Waals surface area contributed by atoms with Gasteiger partial charge in [0, 0.05) is 7.05 Å². The van der Waals surface area contributed by atoms with Crippen LogP contribution >= 0.6 is 0 Å². The Morgan fingerprint density at radius 2 is 2.07 bits per heavy atom. The number of nitrogens with one attached hydrogen (secondary N) is 2. The van der Waals surface area contributed by atoms with Crippen LogP contribution in [0.4, 0.5) is 16.3 Å². The molecule has 0 saturated heterocycles. The molecule has 0 aromatic carbocycles. The molecule has 28 heavy (non-hydrogen) atoms. The van der Waals surface area contributed by atoms with Gasteiger partial charge in [-0.3, -0.25) is 10.0 Å². The number of hydrogen-bond acceptors (Lipinski definition) is 7. The lowest BCUT2D eigenvalue weighted by molar-refractivity contribution is 0.114. The maximum atomic E-state index is 12.2. The molecule has 0 fully saturated rings. The Balaban J connectivity index is 2.20. The number of aromatic nitrogens is 4. The second-order valence-electron chi connectivity index (χ2n) is 6.60. The molecule has 0 unspecified atom stereocenters. The Morgan fingerprint density at radius 1 is 1.36 bits per heavy atom. The van der Waals surface area contributed by atoms with E-state index in [4.69, 9.17) is 4.74 Å². The zero-order valence-electron chi connectivity index (χ0n) is 16.7. The fraction of sp³-hybridized carbons (Fsp3) is 0.529. The third-order valence-electron chi connectivity index (χ3n) is 3.94. The lowest BCUT2D eigenvalue weighted by Gasteiger charge is -2.14. The molecule has 1 atom stereocenters. The van der Waals surface area contributed by atoms with E-state index in [9.17, 15) is 13.2 Å². The molecule has 1 amide bonds. The van der Waals surface area contributed by atoms with Gasteiger partial charge in [0.15, 0.2) is 11.5 Å². The molecule has 0 radical (unpaired) electrons. The monoisotopic (exact) mass is 410 g/mol. The summed E-state index contributed by atoms with van der Waals surface area (Å²) in [5.41, 5.74) is 1.64. The highest BCUT2D eigenvalue weighted by Crippen LogP contribution is 2.26. The van der Waals surface area contributed by atoms with Gasteiger partial charge < -0.3 is 4.74 Å². The molecule has 0 spiro atoms. The number of sulfonamides is 1. The molecule has 0 aliphatic rings. The lowest BCUT2D eigenvalue weighted by Crippen LogP contribution is -2.21. The van der Waals surface area contributed by atoms with Gasteiger partial charge in [0.05, 0.1) is 23.3 Å². The molecule has 154 valence electrons. The van der Waals surface area contributed by atoms with E-state index in [2.05, 4.69) is 32.3 Å². The highest BCUT2D eigenvalue weighted by Gasteiger charge is 2.19. The summed E-state index contributed by atoms with van der Waals surface area (Å²) in [6.45, 7) is 5.59. The minimum absolute atomic E-state index is 0.202. The molecule has 0 saturated carbocycles. The quantitative estimate of drug-likeness (QED) is 0.684. The topological polar surface area (TPSA) is 128 Å². The van der Waals surface area contributed by atoms with Crippen molar-refractivity contribution in [3.8, 4) is 11.4 Å². The smallest absolute Gasteiger partial charge is 0.413 e. The Bertz CT molecular complexity index is 941. The molecule has 0 aliphatic heterocycles. The van der Waals surface area contributed by atoms with Crippen LogP contribution in [0.5, 0.6) is 0 Å². The van der Waals surface area contributed by atoms with E-state index < -0.39 is 16.1 Å². The highest BCUT2D eigenvalue weighted by molar-refractivity contribution is 7.92. The van der Waals surface area contributed by atoms with Gasteiger partial charge in [0.2, 0.25) is 10.0 Å². The van der Waals surface area contributed by atoms with Crippen LogP contribution in [-0.2, 0) is 21.8 Å². The molecule has 0 bridgehead atoms. The number of carbonyl (C=O) groups excluding carboxylic acids is 1. The second kappa shape index (κ2) is 9.00. The number of ether oxygens (including phenoxy) is 1. The standard InChI is InChI=1S/C17H26N6O4S/c1-6-7-8-11(2)27-17(24)19-16-15(20-22-23(16)4)14-10-9-13(12(3)18-14)21-28(5,25)26/h9-11,21H,6-8H2,1-5H3,(H,19,24)/t11-/m1/s1. The van der Waals surface area contributed by atoms with Crippen molar-refractivity contribution in [3.63, 3.8) is 0 Å². The van der Waals surface area contributed by atoms with Crippen molar-refractivity contribution in [2.75, 3.05) is 16.3 Å². The van der Waals surface area contributed by atoms with Crippen LogP contribution in [0.15, 0.2) is 12.1 Å². The molecule has 11 heteroatoms. The van der Waals surface area contributed by atoms with Gasteiger partial charge in [-0.25, -0.2) is 22.9 Å². The summed E-state index contributed by atoms with van der Waals surface area (Å²) >= 11 is 0. The van der Waals surface area contributed by atoms with Crippen molar-refractivity contribution in [1.29, 1.82) is 0 Å². The van der Waals surface area contributed by atoms with Gasteiger partial charge in [-0.05, 0) is 32.4 Å². The minimum atomic E-state index is -3.41. The van der Waals surface area contributed by atoms with Crippen LogP contribution < -0.4 is 10.0 Å². The van der Waals surface area contributed by atoms with Crippen LogP contribution in [0.3, 0.4) is 0 Å². The Hall–Kier alpha value is -2.69. The third-order valence-corrected chi connectivity index (χ3v) is 4.53. The summed E-state index contributed by atoms with van der Waals surface area (Å²) in [5.74, 6) is 0.336. The number of anilines is 2. The lowest BCUT2D eigenvalue weighted by atomic mass is 10.2. The molecule has 2 N–H and O–H groups in total. The van der Waals surface area contributed by atoms with Crippen LogP contribution in [0.1, 0.15) is 38.8 Å². The highest BCUT2D eigenvalue weighted by atomic mass is 32.2. The summed E-state index contributed by atoms with van der Waals surface area (Å²) < 4.78 is 32.0. The summed E-state index contributed by atoms with van der Waals surface area (Å²) in [6, 6.07) is 3.19. The first-order valence-electron chi connectivity index (χ1n) is 8.93. The third kappa shape index (κ3) is 5.91. The minimum Gasteiger partial charge on any atom is -0.446 e. The molecule has 10 nitrogen and oxygen atoms in total. The van der Waals surface area contributed by atoms with Crippen molar-refractivity contribution in [1.82, 2.24) is 20.0 Å². The number of aryl methyl sites for hydroxylation is 2. The number of unbranched alkanes of at least 4 members (excludes halogenated alkanes) is 1. The van der Waals surface area contributed by atoms with Crippen LogP contribution in [0.2, 0.25) is 0 Å². The van der Waals surface area contributed by atoms with Gasteiger partial charge in [-0.15, -0.1) is 5.10 Å². The van der Waals surface area contributed by atoms with Crippen LogP contribution in [0, 0.1) is 6.92 Å². The molecule has 2 rings (SSSR count). The fourth-order valence-electron chi connectivity index (χ4n) is 2.53. The summed E-state index contributed by atoms with van der Waals surface area (Å²) in [5, 5.41) is 10.6. The predicted molar refractivity (Wildman–Crippen MR) is 107 cm³/mol. The Kier molecular flexibility index (Phi) is 6.95. The average Bonchev–Trinajstić information content (AvgIpc) is 2.94. The SMILES string of the molecule is CCCC[C@@H](C)OC(=O)Nc1c(-c2ccc(NS(C)(=O)=O)c(C)n2)nnn1C. The molecular formula is C17H26N6O4S. The number of pyridine rings is 1. The molecule has 2 aromatic rings. The first kappa shape index (κ1) is 21.6. The molecule has 0 aliphatic carbocycles. The maximum Gasteiger partial charge on any atom is 0.413 e. The number of hydrogen-bond donors (Lipinski definition) is 2. The number of carbonyl (C=O) groups is 1. The van der Waals surface area contributed by atoms with E-state index in [-0.39, 0.29) is 6.10 Å². The summed E-state index contributed by atoms with van der Waals surface area (Å²) in [7, 11) is -1.77. The van der Waals surface area contributed by atoms with E-state index >= 15 is 0 Å². The van der Waals surface area contributed by atoms with E-state index in [1.165, 1.54) is 4.68 Å². The van der Waals surface area contributed by atoms with Crippen LogP contribution in [0.25, 0.3) is 11.4 Å². The van der Waals surface area contributed by atoms with Crippen molar-refractivity contribution >= 4 is 27.6 Å². The van der Waals surface area contributed by atoms with Crippen LogP contribution in [-0.4, -0.2) is 46.8 Å². The number of amides is 1. The molecule has 2 heterocycles. The van der Waals surface area contributed by atoms with Gasteiger partial charge >= 0.3 is 6.09 Å². The van der Waals surface area contributed by atoms with Crippen molar-refractivity contribution in [2.45, 2.75) is 46.1 Å². The number of rotatable bonds is 8. The summed E-state index contributed by atoms with van der Waals surface area (Å²) in [4.78, 5) is 16.6. The van der Waals surface area contributed by atoms with Crippen molar-refractivity contribution < 1.29 is 17.9 Å². The average molecular weight is 411 g/mol. The van der Waals surface area contributed by atoms with E-state index in [1.807, 2.05) is 6.92 Å². The zero-order chi connectivity index (χ0) is 20.9. The number of nitrogens with zero attached hydrogens (tertiary/aromatic N) is 4. The Morgan fingerprint density at radius 3 is 2.68 bits per heavy atom. The van der Waals surface area contributed by atoms with Crippen molar-refractivity contribution in [3.05, 3.63) is 17.8 Å². The predicted octanol–water partition coefficient (Wildman–Crippen LogP) is 2.68. The fourth-order valence-corrected chi connectivity index (χ4v) is 3.14. The first-order valence-corrected chi connectivity index (χ1v) is 10.8. The van der Waals surface area contributed by atoms with E-state index in [0.717, 1.165) is 25.5 Å². The second-order valence-corrected chi connectivity index (χ2v) is 8.35. The largest absolute Gasteiger partial charge is 0.446 e. The summed E-state index contributed by atoms with van der Waals surface area (Å²) in [6.07, 6.45) is 3.06. The van der Waals surface area contributed by atoms with E-state index in [1.54, 1.807) is 26.1 Å². The normalized spacial score (nSPS) is 12.5. The van der Waals surface area contributed by atoms with Gasteiger partial charge in [-0.2, -0.15) is 0 Å². The van der Waals surface area contributed by atoms with E-state index in [0.29, 0.717) is 28.6 Å².